The Hall–Kier alpha value is -0.690. The van der Waals surface area contributed by atoms with Crippen LogP contribution in [0.1, 0.15) is 12.8 Å². The zero-order valence-corrected chi connectivity index (χ0v) is 11.5. The second-order valence-electron chi connectivity index (χ2n) is 3.20. The van der Waals surface area contributed by atoms with Gasteiger partial charge in [-0.25, -0.2) is 0 Å². The first kappa shape index (κ1) is 13.4. The van der Waals surface area contributed by atoms with Gasteiger partial charge in [0.05, 0.1) is 15.6 Å². The van der Waals surface area contributed by atoms with Crippen molar-refractivity contribution in [2.75, 3.05) is 5.33 Å². The predicted molar refractivity (Wildman–Crippen MR) is 68.1 cm³/mol. The Balaban J connectivity index is 2.98. The van der Waals surface area contributed by atoms with Crippen LogP contribution in [0.2, 0.25) is 0 Å². The van der Waals surface area contributed by atoms with Crippen LogP contribution in [0.4, 0.5) is 5.69 Å². The first-order valence-corrected chi connectivity index (χ1v) is 6.58. The van der Waals surface area contributed by atoms with E-state index in [1.54, 1.807) is 0 Å². The van der Waals surface area contributed by atoms with Crippen LogP contribution < -0.4 is 5.56 Å². The van der Waals surface area contributed by atoms with Gasteiger partial charge < -0.3 is 4.57 Å². The predicted octanol–water partition coefficient (Wildman–Crippen LogP) is 2.69. The molecule has 1 rings (SSSR count). The fourth-order valence-corrected chi connectivity index (χ4v) is 2.09. The Morgan fingerprint density at radius 1 is 1.44 bits per heavy atom. The summed E-state index contributed by atoms with van der Waals surface area (Å²) in [4.78, 5) is 21.7. The molecule has 7 heteroatoms. The molecule has 0 radical (unpaired) electrons. The van der Waals surface area contributed by atoms with Crippen LogP contribution in [0.15, 0.2) is 21.5 Å². The standard InChI is InChI=1S/C9H10Br2N2O3/c10-3-1-2-4-12-6-7(13(15)16)5-8(11)9(12)14/h5-6H,1-4H2. The molecule has 0 aliphatic heterocycles. The van der Waals surface area contributed by atoms with Gasteiger partial charge in [-0.1, -0.05) is 15.9 Å². The van der Waals surface area contributed by atoms with Crippen molar-refractivity contribution < 1.29 is 4.92 Å². The Morgan fingerprint density at radius 2 is 2.12 bits per heavy atom. The van der Waals surface area contributed by atoms with E-state index in [-0.39, 0.29) is 15.7 Å². The maximum Gasteiger partial charge on any atom is 0.286 e. The lowest BCUT2D eigenvalue weighted by Gasteiger charge is -2.05. The molecule has 88 valence electrons. The Labute approximate surface area is 109 Å². The van der Waals surface area contributed by atoms with Crippen LogP contribution in [0.5, 0.6) is 0 Å². The summed E-state index contributed by atoms with van der Waals surface area (Å²) in [5.41, 5.74) is -0.314. The van der Waals surface area contributed by atoms with Gasteiger partial charge in [0.25, 0.3) is 11.2 Å². The average Bonchev–Trinajstić information content (AvgIpc) is 2.24. The highest BCUT2D eigenvalue weighted by Gasteiger charge is 2.11. The summed E-state index contributed by atoms with van der Waals surface area (Å²) in [5.74, 6) is 0. The lowest BCUT2D eigenvalue weighted by atomic mass is 10.3. The third kappa shape index (κ3) is 3.41. The summed E-state index contributed by atoms with van der Waals surface area (Å²) >= 11 is 6.32. The van der Waals surface area contributed by atoms with E-state index in [9.17, 15) is 14.9 Å². The molecule has 0 bridgehead atoms. The van der Waals surface area contributed by atoms with E-state index in [2.05, 4.69) is 31.9 Å². The topological polar surface area (TPSA) is 65.1 Å². The Morgan fingerprint density at radius 3 is 2.69 bits per heavy atom. The van der Waals surface area contributed by atoms with E-state index in [1.165, 1.54) is 16.8 Å². The summed E-state index contributed by atoms with van der Waals surface area (Å²) in [7, 11) is 0. The van der Waals surface area contributed by atoms with Crippen molar-refractivity contribution in [1.29, 1.82) is 0 Å². The maximum atomic E-state index is 11.6. The van der Waals surface area contributed by atoms with Crippen molar-refractivity contribution in [3.8, 4) is 0 Å². The van der Waals surface area contributed by atoms with Crippen LogP contribution in [-0.2, 0) is 6.54 Å². The minimum absolute atomic E-state index is 0.0784. The number of nitro groups is 1. The minimum atomic E-state index is -0.509. The SMILES string of the molecule is O=c1c(Br)cc([N+](=O)[O-])cn1CCCCBr. The maximum absolute atomic E-state index is 11.6. The fraction of sp³-hybridized carbons (Fsp3) is 0.444. The van der Waals surface area contributed by atoms with Gasteiger partial charge in [-0.15, -0.1) is 0 Å². The van der Waals surface area contributed by atoms with Gasteiger partial charge in [-0.2, -0.15) is 0 Å². The van der Waals surface area contributed by atoms with Crippen LogP contribution in [0, 0.1) is 10.1 Å². The molecule has 0 atom stereocenters. The lowest BCUT2D eigenvalue weighted by Crippen LogP contribution is -2.20. The highest BCUT2D eigenvalue weighted by Crippen LogP contribution is 2.14. The third-order valence-corrected chi connectivity index (χ3v) is 3.15. The molecule has 0 saturated heterocycles. The van der Waals surface area contributed by atoms with Crippen molar-refractivity contribution in [2.45, 2.75) is 19.4 Å². The van der Waals surface area contributed by atoms with E-state index in [0.29, 0.717) is 6.54 Å². The molecule has 0 amide bonds. The molecule has 0 N–H and O–H groups in total. The molecule has 0 spiro atoms. The summed E-state index contributed by atoms with van der Waals surface area (Å²) < 4.78 is 1.59. The van der Waals surface area contributed by atoms with Gasteiger partial charge in [-0.3, -0.25) is 14.9 Å². The van der Waals surface area contributed by atoms with Gasteiger partial charge in [0, 0.05) is 17.9 Å². The Kier molecular flexibility index (Phi) is 5.14. The van der Waals surface area contributed by atoms with Crippen molar-refractivity contribution >= 4 is 37.5 Å². The summed E-state index contributed by atoms with van der Waals surface area (Å²) in [5, 5.41) is 11.5. The largest absolute Gasteiger partial charge is 0.308 e. The molecular formula is C9H10Br2N2O3. The molecule has 5 nitrogen and oxygen atoms in total. The van der Waals surface area contributed by atoms with Crippen molar-refractivity contribution in [3.05, 3.63) is 37.2 Å². The molecule has 1 aromatic rings. The number of halogens is 2. The summed E-state index contributed by atoms with van der Waals surface area (Å²) in [6.07, 6.45) is 3.01. The highest BCUT2D eigenvalue weighted by molar-refractivity contribution is 9.10. The molecule has 0 aromatic carbocycles. The molecule has 0 fully saturated rings. The van der Waals surface area contributed by atoms with E-state index in [0.717, 1.165) is 18.2 Å². The zero-order chi connectivity index (χ0) is 12.1. The van der Waals surface area contributed by atoms with Crippen LogP contribution in [0.25, 0.3) is 0 Å². The van der Waals surface area contributed by atoms with Crippen molar-refractivity contribution in [3.63, 3.8) is 0 Å². The fourth-order valence-electron chi connectivity index (χ4n) is 1.23. The number of hydrogen-bond donors (Lipinski definition) is 0. The normalized spacial score (nSPS) is 10.4. The number of alkyl halides is 1. The monoisotopic (exact) mass is 352 g/mol. The van der Waals surface area contributed by atoms with Crippen LogP contribution in [0.3, 0.4) is 0 Å². The smallest absolute Gasteiger partial charge is 0.286 e. The van der Waals surface area contributed by atoms with Gasteiger partial charge in [0.15, 0.2) is 0 Å². The zero-order valence-electron chi connectivity index (χ0n) is 8.36. The number of pyridine rings is 1. The quantitative estimate of drug-likeness (QED) is 0.354. The second-order valence-corrected chi connectivity index (χ2v) is 4.85. The molecule has 0 aliphatic carbocycles. The first-order valence-electron chi connectivity index (χ1n) is 4.66. The molecular weight excluding hydrogens is 344 g/mol. The molecule has 0 unspecified atom stereocenters. The highest BCUT2D eigenvalue weighted by atomic mass is 79.9. The molecule has 16 heavy (non-hydrogen) atoms. The number of aryl methyl sites for hydroxylation is 1. The number of aromatic nitrogens is 1. The van der Waals surface area contributed by atoms with E-state index in [1.807, 2.05) is 0 Å². The average molecular weight is 354 g/mol. The van der Waals surface area contributed by atoms with Crippen LogP contribution in [-0.4, -0.2) is 14.8 Å². The minimum Gasteiger partial charge on any atom is -0.308 e. The number of rotatable bonds is 5. The number of hydrogen-bond acceptors (Lipinski definition) is 3. The van der Waals surface area contributed by atoms with Gasteiger partial charge in [0.2, 0.25) is 0 Å². The molecule has 0 saturated carbocycles. The van der Waals surface area contributed by atoms with Gasteiger partial charge in [-0.05, 0) is 28.8 Å². The van der Waals surface area contributed by atoms with Gasteiger partial charge >= 0.3 is 0 Å². The Bertz CT molecular complexity index is 445. The van der Waals surface area contributed by atoms with Gasteiger partial charge in [0.1, 0.15) is 0 Å². The van der Waals surface area contributed by atoms with E-state index >= 15 is 0 Å². The lowest BCUT2D eigenvalue weighted by molar-refractivity contribution is -0.385. The van der Waals surface area contributed by atoms with Crippen molar-refractivity contribution in [1.82, 2.24) is 4.57 Å². The molecule has 1 aromatic heterocycles. The van der Waals surface area contributed by atoms with E-state index in [4.69, 9.17) is 0 Å². The van der Waals surface area contributed by atoms with E-state index < -0.39 is 4.92 Å². The summed E-state index contributed by atoms with van der Waals surface area (Å²) in [6.45, 7) is 0.491. The molecule has 1 heterocycles. The second kappa shape index (κ2) is 6.15. The summed E-state index contributed by atoms with van der Waals surface area (Å²) in [6, 6.07) is 1.23. The van der Waals surface area contributed by atoms with Crippen molar-refractivity contribution in [2.24, 2.45) is 0 Å². The van der Waals surface area contributed by atoms with Crippen LogP contribution >= 0.6 is 31.9 Å². The number of nitrogens with zero attached hydrogens (tertiary/aromatic N) is 2. The molecule has 0 aliphatic rings. The number of unbranched alkanes of at least 4 members (excludes halogenated alkanes) is 1. The first-order chi connectivity index (χ1) is 7.56. The third-order valence-electron chi connectivity index (χ3n) is 2.02.